The maximum Gasteiger partial charge on any atom is 0.257 e. The second-order valence-corrected chi connectivity index (χ2v) is 15.0. The molecule has 0 atom stereocenters. The van der Waals surface area contributed by atoms with Crippen LogP contribution in [0, 0.1) is 6.92 Å². The minimum Gasteiger partial charge on any atom is -0.458 e. The molecule has 0 saturated heterocycles. The molecule has 0 aromatic heterocycles. The number of hydrogen-bond acceptors (Lipinski definition) is 3. The average Bonchev–Trinajstić information content (AvgIpc) is 3.27. The van der Waals surface area contributed by atoms with E-state index in [1.54, 1.807) is 0 Å². The molecular weight excluding hydrogens is 691 g/mol. The third kappa shape index (κ3) is 5.52. The molecule has 0 spiro atoms. The van der Waals surface area contributed by atoms with Crippen molar-refractivity contribution in [1.29, 1.82) is 0 Å². The normalized spacial score (nSPS) is 12.4. The lowest BCUT2D eigenvalue weighted by molar-refractivity contribution is 0.488. The molecule has 0 bridgehead atoms. The van der Waals surface area contributed by atoms with Gasteiger partial charge < -0.3 is 14.5 Å². The first kappa shape index (κ1) is 33.1. The number of nitrogens with zero attached hydrogens (tertiary/aromatic N) is 2. The number of hydrogen-bond donors (Lipinski definition) is 0. The predicted octanol–water partition coefficient (Wildman–Crippen LogP) is 12.4. The number of benzene rings is 9. The summed E-state index contributed by atoms with van der Waals surface area (Å²) < 4.78 is 7.21. The quantitative estimate of drug-likeness (QED) is 0.159. The SMILES string of the molecule is Cc1cc2c3c(c1)N(c1cccc(-c4ccccc4)c1)c1cc(-c4ccccc4)ccc1B3c1c(cc(N(c3ccccc3)c3ccccc3)c3ccccc13)O2. The van der Waals surface area contributed by atoms with Crippen LogP contribution in [0.25, 0.3) is 33.0 Å². The standard InChI is InChI=1S/C53H37BN2O/c1-36-31-49-53-50(32-36)57-51-35-47(55(41-22-10-4-11-23-41)42-24-12-5-13-25-42)44-27-14-15-28-45(44)52(51)54(53)46-30-29-40(38-19-8-3-9-20-38)34-48(46)56(49)43-26-16-21-39(33-43)37-17-6-2-7-18-37/h2-35H,1H3. The molecule has 0 saturated carbocycles. The van der Waals surface area contributed by atoms with Gasteiger partial charge in [0.15, 0.2) is 0 Å². The Balaban J connectivity index is 1.18. The van der Waals surface area contributed by atoms with E-state index in [0.717, 1.165) is 45.5 Å². The first-order chi connectivity index (χ1) is 28.2. The van der Waals surface area contributed by atoms with E-state index in [2.05, 4.69) is 223 Å². The fourth-order valence-electron chi connectivity index (χ4n) is 9.04. The van der Waals surface area contributed by atoms with Crippen molar-refractivity contribution in [2.45, 2.75) is 6.92 Å². The molecule has 2 heterocycles. The largest absolute Gasteiger partial charge is 0.458 e. The molecule has 0 unspecified atom stereocenters. The van der Waals surface area contributed by atoms with E-state index in [0.29, 0.717) is 0 Å². The second kappa shape index (κ2) is 13.5. The predicted molar refractivity (Wildman–Crippen MR) is 240 cm³/mol. The van der Waals surface area contributed by atoms with Gasteiger partial charge in [-0.15, -0.1) is 0 Å². The molecule has 4 heteroatoms. The van der Waals surface area contributed by atoms with Gasteiger partial charge in [0, 0.05) is 39.9 Å². The first-order valence-corrected chi connectivity index (χ1v) is 19.6. The minimum atomic E-state index is -0.0615. The number of aryl methyl sites for hydroxylation is 1. The molecule has 0 aliphatic carbocycles. The van der Waals surface area contributed by atoms with Crippen molar-refractivity contribution in [3.63, 3.8) is 0 Å². The van der Waals surface area contributed by atoms with Crippen molar-refractivity contribution in [3.8, 4) is 33.8 Å². The summed E-state index contributed by atoms with van der Waals surface area (Å²) in [6.07, 6.45) is 0. The van der Waals surface area contributed by atoms with E-state index in [1.807, 2.05) is 0 Å². The number of ether oxygens (including phenoxy) is 1. The summed E-state index contributed by atoms with van der Waals surface area (Å²) in [5.74, 6) is 1.78. The Morgan fingerprint density at radius 2 is 1.00 bits per heavy atom. The van der Waals surface area contributed by atoms with E-state index in [4.69, 9.17) is 4.74 Å². The van der Waals surface area contributed by atoms with Crippen LogP contribution in [0.3, 0.4) is 0 Å². The fraction of sp³-hybridized carbons (Fsp3) is 0.0189. The lowest BCUT2D eigenvalue weighted by Gasteiger charge is -2.41. The highest BCUT2D eigenvalue weighted by atomic mass is 16.5. The van der Waals surface area contributed by atoms with Gasteiger partial charge in [0.1, 0.15) is 11.5 Å². The molecule has 11 rings (SSSR count). The minimum absolute atomic E-state index is 0.0615. The van der Waals surface area contributed by atoms with Crippen LogP contribution in [0.2, 0.25) is 0 Å². The monoisotopic (exact) mass is 728 g/mol. The molecule has 3 nitrogen and oxygen atoms in total. The molecule has 2 aliphatic heterocycles. The Bertz CT molecular complexity index is 2910. The highest BCUT2D eigenvalue weighted by Crippen LogP contribution is 2.46. The molecule has 0 N–H and O–H groups in total. The zero-order valence-corrected chi connectivity index (χ0v) is 31.5. The van der Waals surface area contributed by atoms with Crippen molar-refractivity contribution in [2.24, 2.45) is 0 Å². The molecule has 0 radical (unpaired) electrons. The third-order valence-corrected chi connectivity index (χ3v) is 11.5. The number of fused-ring (bicyclic) bond motifs is 6. The van der Waals surface area contributed by atoms with Crippen LogP contribution in [-0.4, -0.2) is 6.71 Å². The number of anilines is 6. The van der Waals surface area contributed by atoms with Crippen molar-refractivity contribution in [2.75, 3.05) is 9.80 Å². The van der Waals surface area contributed by atoms with Gasteiger partial charge in [0.2, 0.25) is 0 Å². The van der Waals surface area contributed by atoms with Gasteiger partial charge in [0.05, 0.1) is 5.69 Å². The van der Waals surface area contributed by atoms with E-state index in [9.17, 15) is 0 Å². The summed E-state index contributed by atoms with van der Waals surface area (Å²) in [6, 6.07) is 74.3. The summed E-state index contributed by atoms with van der Waals surface area (Å²) in [5, 5.41) is 2.35. The maximum atomic E-state index is 7.21. The van der Waals surface area contributed by atoms with E-state index >= 15 is 0 Å². The summed E-state index contributed by atoms with van der Waals surface area (Å²) in [4.78, 5) is 4.82. The Morgan fingerprint density at radius 1 is 0.439 bits per heavy atom. The van der Waals surface area contributed by atoms with Crippen LogP contribution >= 0.6 is 0 Å². The van der Waals surface area contributed by atoms with Crippen LogP contribution in [0.1, 0.15) is 5.56 Å². The molecular formula is C53H37BN2O. The van der Waals surface area contributed by atoms with Gasteiger partial charge in [-0.2, -0.15) is 0 Å². The molecule has 268 valence electrons. The van der Waals surface area contributed by atoms with Crippen LogP contribution in [0.4, 0.5) is 34.1 Å². The maximum absolute atomic E-state index is 7.21. The van der Waals surface area contributed by atoms with Crippen LogP contribution in [0.15, 0.2) is 206 Å². The lowest BCUT2D eigenvalue weighted by atomic mass is 9.33. The van der Waals surface area contributed by atoms with Gasteiger partial charge in [-0.05, 0) is 111 Å². The summed E-state index contributed by atoms with van der Waals surface area (Å²) in [7, 11) is 0. The van der Waals surface area contributed by atoms with Crippen molar-refractivity contribution >= 4 is 68.0 Å². The molecule has 2 aliphatic rings. The van der Waals surface area contributed by atoms with Gasteiger partial charge >= 0.3 is 0 Å². The zero-order chi connectivity index (χ0) is 37.9. The molecule has 9 aromatic rings. The Kier molecular flexibility index (Phi) is 7.82. The Labute approximate surface area is 333 Å². The van der Waals surface area contributed by atoms with Gasteiger partial charge in [-0.3, -0.25) is 0 Å². The topological polar surface area (TPSA) is 15.7 Å². The first-order valence-electron chi connectivity index (χ1n) is 19.6. The number of rotatable bonds is 6. The van der Waals surface area contributed by atoms with Crippen molar-refractivity contribution in [1.82, 2.24) is 0 Å². The molecule has 57 heavy (non-hydrogen) atoms. The summed E-state index contributed by atoms with van der Waals surface area (Å²) >= 11 is 0. The van der Waals surface area contributed by atoms with Crippen LogP contribution < -0.4 is 30.9 Å². The Morgan fingerprint density at radius 3 is 1.67 bits per heavy atom. The third-order valence-electron chi connectivity index (χ3n) is 11.5. The smallest absolute Gasteiger partial charge is 0.257 e. The highest BCUT2D eigenvalue weighted by molar-refractivity contribution is 7.00. The van der Waals surface area contributed by atoms with Crippen LogP contribution in [0.5, 0.6) is 11.5 Å². The molecule has 0 amide bonds. The highest BCUT2D eigenvalue weighted by Gasteiger charge is 2.43. The second-order valence-electron chi connectivity index (χ2n) is 15.0. The Hall–Kier alpha value is -7.30. The summed E-state index contributed by atoms with van der Waals surface area (Å²) in [6.45, 7) is 2.12. The average molecular weight is 729 g/mol. The van der Waals surface area contributed by atoms with Gasteiger partial charge in [-0.1, -0.05) is 146 Å². The van der Waals surface area contributed by atoms with Crippen molar-refractivity contribution in [3.05, 3.63) is 212 Å². The molecule has 9 aromatic carbocycles. The van der Waals surface area contributed by atoms with E-state index < -0.39 is 0 Å². The lowest BCUT2D eigenvalue weighted by Crippen LogP contribution is -2.59. The zero-order valence-electron chi connectivity index (χ0n) is 31.5. The van der Waals surface area contributed by atoms with E-state index in [-0.39, 0.29) is 6.71 Å². The number of para-hydroxylation sites is 2. The fourth-order valence-corrected chi connectivity index (χ4v) is 9.04. The van der Waals surface area contributed by atoms with Crippen molar-refractivity contribution < 1.29 is 4.74 Å². The summed E-state index contributed by atoms with van der Waals surface area (Å²) in [5.41, 5.74) is 16.2. The van der Waals surface area contributed by atoms with E-state index in [1.165, 1.54) is 55.1 Å². The van der Waals surface area contributed by atoms with Gasteiger partial charge in [0.25, 0.3) is 6.71 Å². The molecule has 0 fully saturated rings. The van der Waals surface area contributed by atoms with Crippen LogP contribution in [-0.2, 0) is 0 Å². The van der Waals surface area contributed by atoms with Gasteiger partial charge in [-0.25, -0.2) is 0 Å².